The van der Waals surface area contributed by atoms with Gasteiger partial charge in [0.15, 0.2) is 5.82 Å². The van der Waals surface area contributed by atoms with Gasteiger partial charge >= 0.3 is 6.09 Å². The highest BCUT2D eigenvalue weighted by molar-refractivity contribution is 5.96. The predicted octanol–water partition coefficient (Wildman–Crippen LogP) is 4.81. The van der Waals surface area contributed by atoms with Gasteiger partial charge in [-0.2, -0.15) is 0 Å². The Labute approximate surface area is 240 Å². The van der Waals surface area contributed by atoms with Crippen LogP contribution in [0.5, 0.6) is 5.88 Å². The highest BCUT2D eigenvalue weighted by Gasteiger charge is 2.27. The molecule has 3 aromatic heterocycles. The van der Waals surface area contributed by atoms with Gasteiger partial charge in [-0.15, -0.1) is 0 Å². The summed E-state index contributed by atoms with van der Waals surface area (Å²) in [6.45, 7) is 6.46. The van der Waals surface area contributed by atoms with Crippen LogP contribution < -0.4 is 10.6 Å². The minimum Gasteiger partial charge on any atom is -0.494 e. The van der Waals surface area contributed by atoms with Crippen LogP contribution in [-0.2, 0) is 16.0 Å². The predicted molar refractivity (Wildman–Crippen MR) is 151 cm³/mol. The minimum absolute atomic E-state index is 0.0552. The standard InChI is InChI=1S/C29H31F2N7O4/c1-29(2,3)42-28(41)38-11-9-16(10-12-38)34-22(39)13-17-7-8-18(14-32-17)35-26-24-21(15-33-27(24)40)36-25(37-26)23-19(30)5-4-6-20(23)31/h4-8,14-16,33,40H,9-13H2,1-3H3,(H,34,39)(H,35,36,37). The summed E-state index contributed by atoms with van der Waals surface area (Å²) < 4.78 is 34.3. The van der Waals surface area contributed by atoms with Crippen LogP contribution in [0.15, 0.2) is 42.7 Å². The molecule has 4 N–H and O–H groups in total. The normalized spacial score (nSPS) is 14.2. The molecule has 2 amide bonds. The molecule has 1 aliphatic heterocycles. The number of pyridine rings is 1. The Balaban J connectivity index is 1.22. The number of carbonyl (C=O) groups is 2. The quantitative estimate of drug-likeness (QED) is 0.255. The maximum absolute atomic E-state index is 14.4. The highest BCUT2D eigenvalue weighted by atomic mass is 19.1. The fourth-order valence-corrected chi connectivity index (χ4v) is 4.65. The van der Waals surface area contributed by atoms with Crippen LogP contribution in [0.2, 0.25) is 0 Å². The number of nitrogens with zero attached hydrogens (tertiary/aromatic N) is 4. The zero-order chi connectivity index (χ0) is 30.0. The number of halogens is 2. The Morgan fingerprint density at radius 1 is 1.12 bits per heavy atom. The molecule has 220 valence electrons. The first-order valence-electron chi connectivity index (χ1n) is 13.5. The molecule has 4 heterocycles. The third kappa shape index (κ3) is 6.56. The molecule has 1 aromatic carbocycles. The van der Waals surface area contributed by atoms with Gasteiger partial charge in [-0.05, 0) is 57.9 Å². The monoisotopic (exact) mass is 579 g/mol. The van der Waals surface area contributed by atoms with Crippen molar-refractivity contribution >= 4 is 34.4 Å². The summed E-state index contributed by atoms with van der Waals surface area (Å²) in [6, 6.07) is 6.76. The summed E-state index contributed by atoms with van der Waals surface area (Å²) in [4.78, 5) is 42.0. The summed E-state index contributed by atoms with van der Waals surface area (Å²) in [7, 11) is 0. The molecule has 1 saturated heterocycles. The van der Waals surface area contributed by atoms with Gasteiger partial charge in [0.2, 0.25) is 11.8 Å². The van der Waals surface area contributed by atoms with E-state index in [-0.39, 0.29) is 52.9 Å². The second-order valence-corrected chi connectivity index (χ2v) is 11.0. The summed E-state index contributed by atoms with van der Waals surface area (Å²) in [5, 5.41) is 16.5. The lowest BCUT2D eigenvalue weighted by Crippen LogP contribution is -2.48. The average Bonchev–Trinajstić information content (AvgIpc) is 3.30. The van der Waals surface area contributed by atoms with Gasteiger partial charge in [0.05, 0.1) is 29.4 Å². The molecular formula is C29H31F2N7O4. The first-order chi connectivity index (χ1) is 20.0. The lowest BCUT2D eigenvalue weighted by Gasteiger charge is -2.33. The number of aromatic nitrogens is 4. The molecule has 0 radical (unpaired) electrons. The Morgan fingerprint density at radius 2 is 1.83 bits per heavy atom. The maximum Gasteiger partial charge on any atom is 0.410 e. The van der Waals surface area contributed by atoms with Crippen LogP contribution in [0.3, 0.4) is 0 Å². The molecule has 11 nitrogen and oxygen atoms in total. The number of aromatic hydroxyl groups is 1. The topological polar surface area (TPSA) is 145 Å². The second kappa shape index (κ2) is 11.6. The Morgan fingerprint density at radius 3 is 2.48 bits per heavy atom. The van der Waals surface area contributed by atoms with E-state index in [1.54, 1.807) is 17.0 Å². The average molecular weight is 580 g/mol. The van der Waals surface area contributed by atoms with Crippen molar-refractivity contribution in [2.45, 2.75) is 51.7 Å². The smallest absolute Gasteiger partial charge is 0.410 e. The van der Waals surface area contributed by atoms with Crippen LogP contribution in [0.1, 0.15) is 39.3 Å². The SMILES string of the molecule is CC(C)(C)OC(=O)N1CCC(NC(=O)Cc2ccc(Nc3nc(-c4c(F)cccc4F)nc4c[nH]c(O)c34)cn2)CC1. The summed E-state index contributed by atoms with van der Waals surface area (Å²) in [5.74, 6) is -2.13. The van der Waals surface area contributed by atoms with E-state index in [1.165, 1.54) is 18.5 Å². The molecular weight excluding hydrogens is 548 g/mol. The molecule has 1 fully saturated rings. The number of carbonyl (C=O) groups excluding carboxylic acids is 2. The van der Waals surface area contributed by atoms with E-state index in [9.17, 15) is 23.5 Å². The molecule has 0 aliphatic carbocycles. The van der Waals surface area contributed by atoms with Crippen molar-refractivity contribution in [3.63, 3.8) is 0 Å². The number of anilines is 2. The number of H-pyrrole nitrogens is 1. The van der Waals surface area contributed by atoms with Gasteiger partial charge < -0.3 is 30.4 Å². The fraction of sp³-hybridized carbons (Fsp3) is 0.345. The first kappa shape index (κ1) is 28.7. The molecule has 4 aromatic rings. The van der Waals surface area contributed by atoms with Crippen molar-refractivity contribution in [3.05, 3.63) is 60.1 Å². The number of hydrogen-bond acceptors (Lipinski definition) is 8. The maximum atomic E-state index is 14.4. The molecule has 0 bridgehead atoms. The van der Waals surface area contributed by atoms with E-state index in [0.29, 0.717) is 37.3 Å². The van der Waals surface area contributed by atoms with Crippen LogP contribution in [-0.4, -0.2) is 66.7 Å². The molecule has 13 heteroatoms. The third-order valence-electron chi connectivity index (χ3n) is 6.65. The number of piperidine rings is 1. The van der Waals surface area contributed by atoms with E-state index >= 15 is 0 Å². The Bertz CT molecular complexity index is 1590. The van der Waals surface area contributed by atoms with E-state index in [0.717, 1.165) is 12.1 Å². The van der Waals surface area contributed by atoms with Gasteiger partial charge in [-0.3, -0.25) is 9.78 Å². The Hall–Kier alpha value is -4.81. The largest absolute Gasteiger partial charge is 0.494 e. The van der Waals surface area contributed by atoms with Crippen molar-refractivity contribution in [3.8, 4) is 17.3 Å². The number of aromatic amines is 1. The van der Waals surface area contributed by atoms with Crippen LogP contribution in [0.4, 0.5) is 25.1 Å². The highest BCUT2D eigenvalue weighted by Crippen LogP contribution is 2.34. The van der Waals surface area contributed by atoms with Crippen molar-refractivity contribution < 1.29 is 28.2 Å². The zero-order valence-electron chi connectivity index (χ0n) is 23.4. The van der Waals surface area contributed by atoms with Crippen molar-refractivity contribution in [1.82, 2.24) is 30.2 Å². The molecule has 1 aliphatic rings. The van der Waals surface area contributed by atoms with E-state index < -0.39 is 22.8 Å². The van der Waals surface area contributed by atoms with Crippen molar-refractivity contribution in [2.24, 2.45) is 0 Å². The number of amides is 2. The van der Waals surface area contributed by atoms with Gasteiger partial charge in [-0.1, -0.05) is 6.07 Å². The number of ether oxygens (including phenoxy) is 1. The van der Waals surface area contributed by atoms with Gasteiger partial charge in [0, 0.05) is 31.0 Å². The van der Waals surface area contributed by atoms with Crippen molar-refractivity contribution in [1.29, 1.82) is 0 Å². The number of fused-ring (bicyclic) bond motifs is 1. The van der Waals surface area contributed by atoms with Gasteiger partial charge in [-0.25, -0.2) is 23.5 Å². The zero-order valence-corrected chi connectivity index (χ0v) is 23.4. The molecule has 42 heavy (non-hydrogen) atoms. The number of likely N-dealkylation sites (tertiary alicyclic amines) is 1. The van der Waals surface area contributed by atoms with E-state index in [1.807, 2.05) is 20.8 Å². The van der Waals surface area contributed by atoms with E-state index in [4.69, 9.17) is 4.74 Å². The van der Waals surface area contributed by atoms with Crippen LogP contribution in [0.25, 0.3) is 22.3 Å². The number of benzene rings is 1. The molecule has 5 rings (SSSR count). The Kier molecular flexibility index (Phi) is 7.92. The second-order valence-electron chi connectivity index (χ2n) is 11.0. The molecule has 0 atom stereocenters. The van der Waals surface area contributed by atoms with E-state index in [2.05, 4.69) is 30.6 Å². The van der Waals surface area contributed by atoms with Crippen LogP contribution in [0, 0.1) is 11.6 Å². The van der Waals surface area contributed by atoms with Gasteiger partial charge in [0.25, 0.3) is 0 Å². The molecule has 0 unspecified atom stereocenters. The fourth-order valence-electron chi connectivity index (χ4n) is 4.65. The third-order valence-corrected chi connectivity index (χ3v) is 6.65. The molecule has 0 spiro atoms. The van der Waals surface area contributed by atoms with Gasteiger partial charge in [0.1, 0.15) is 28.4 Å². The number of hydrogen-bond donors (Lipinski definition) is 4. The lowest BCUT2D eigenvalue weighted by atomic mass is 10.0. The minimum atomic E-state index is -0.821. The summed E-state index contributed by atoms with van der Waals surface area (Å²) in [6.07, 6.45) is 3.85. The van der Waals surface area contributed by atoms with Crippen molar-refractivity contribution in [2.75, 3.05) is 18.4 Å². The summed E-state index contributed by atoms with van der Waals surface area (Å²) in [5.41, 5.74) is 0.290. The molecule has 0 saturated carbocycles. The number of rotatable bonds is 6. The number of nitrogens with one attached hydrogen (secondary N) is 3. The summed E-state index contributed by atoms with van der Waals surface area (Å²) >= 11 is 0. The first-order valence-corrected chi connectivity index (χ1v) is 13.5. The lowest BCUT2D eigenvalue weighted by molar-refractivity contribution is -0.121. The van der Waals surface area contributed by atoms with Crippen LogP contribution >= 0.6 is 0 Å².